The molecule has 1 aliphatic heterocycles. The summed E-state index contributed by atoms with van der Waals surface area (Å²) >= 11 is 0. The van der Waals surface area contributed by atoms with E-state index in [1.165, 1.54) is 5.70 Å². The number of nitrogens with one attached hydrogen (secondary N) is 1. The van der Waals surface area contributed by atoms with Crippen LogP contribution in [0.25, 0.3) is 0 Å². The number of likely N-dealkylation sites (tertiary alicyclic amines) is 1. The van der Waals surface area contributed by atoms with Crippen molar-refractivity contribution in [1.29, 1.82) is 5.41 Å². The molecule has 0 aromatic heterocycles. The summed E-state index contributed by atoms with van der Waals surface area (Å²) in [5.74, 6) is -0.769. The van der Waals surface area contributed by atoms with E-state index in [-0.39, 0.29) is 5.92 Å². The van der Waals surface area contributed by atoms with Gasteiger partial charge in [-0.25, -0.2) is 0 Å². The van der Waals surface area contributed by atoms with Crippen molar-refractivity contribution in [3.8, 4) is 0 Å². The molecule has 1 fully saturated rings. The van der Waals surface area contributed by atoms with Gasteiger partial charge in [-0.2, -0.15) is 0 Å². The van der Waals surface area contributed by atoms with Gasteiger partial charge in [-0.15, -0.1) is 0 Å². The molecule has 0 spiro atoms. The highest BCUT2D eigenvalue weighted by molar-refractivity contribution is 5.84. The van der Waals surface area contributed by atoms with Crippen molar-refractivity contribution < 1.29 is 9.90 Å². The van der Waals surface area contributed by atoms with Crippen molar-refractivity contribution in [3.05, 3.63) is 11.8 Å². The van der Waals surface area contributed by atoms with E-state index in [4.69, 9.17) is 10.5 Å². The monoisotopic (exact) mass is 250 g/mol. The molecule has 100 valence electrons. The molecule has 0 bridgehead atoms. The molecule has 0 unspecified atom stereocenters. The van der Waals surface area contributed by atoms with Crippen LogP contribution < -0.4 is 0 Å². The highest BCUT2D eigenvalue weighted by Gasteiger charge is 2.22. The molecular weight excluding hydrogens is 228 g/mol. The van der Waals surface area contributed by atoms with Crippen LogP contribution in [0, 0.1) is 11.3 Å². The zero-order chi connectivity index (χ0) is 13.0. The van der Waals surface area contributed by atoms with Crippen molar-refractivity contribution in [2.75, 3.05) is 13.1 Å². The lowest BCUT2D eigenvalue weighted by Gasteiger charge is -2.32. The number of hydrogen-bond donors (Lipinski definition) is 2. The molecule has 0 aromatic rings. The molecule has 0 atom stereocenters. The molecule has 0 radical (unpaired) electrons. The molecular formula is C14H22N2O2. The Morgan fingerprint density at radius 2 is 1.94 bits per heavy atom. The van der Waals surface area contributed by atoms with Gasteiger partial charge >= 0.3 is 5.97 Å². The van der Waals surface area contributed by atoms with E-state index in [0.717, 1.165) is 63.7 Å². The highest BCUT2D eigenvalue weighted by Crippen LogP contribution is 2.24. The van der Waals surface area contributed by atoms with Crippen molar-refractivity contribution >= 4 is 11.7 Å². The maximum Gasteiger partial charge on any atom is 0.306 e. The Labute approximate surface area is 108 Å². The van der Waals surface area contributed by atoms with Crippen LogP contribution >= 0.6 is 0 Å². The molecule has 4 heteroatoms. The minimum absolute atomic E-state index is 0.138. The zero-order valence-corrected chi connectivity index (χ0v) is 10.8. The Morgan fingerprint density at radius 3 is 2.44 bits per heavy atom. The quantitative estimate of drug-likeness (QED) is 0.792. The molecule has 2 rings (SSSR count). The highest BCUT2D eigenvalue weighted by atomic mass is 16.4. The normalized spacial score (nSPS) is 23.2. The number of carboxylic acids is 1. The Bertz CT molecular complexity index is 353. The van der Waals surface area contributed by atoms with Gasteiger partial charge in [-0.1, -0.05) is 6.08 Å². The summed E-state index contributed by atoms with van der Waals surface area (Å²) in [6.07, 6.45) is 8.38. The fraction of sp³-hybridized carbons (Fsp3) is 0.714. The number of rotatable bonds is 2. The summed E-state index contributed by atoms with van der Waals surface area (Å²) in [5, 5.41) is 16.7. The van der Waals surface area contributed by atoms with E-state index in [1.54, 1.807) is 0 Å². The first kappa shape index (κ1) is 13.1. The second-order valence-corrected chi connectivity index (χ2v) is 5.31. The first-order valence-corrected chi connectivity index (χ1v) is 6.90. The number of aliphatic carboxylic acids is 1. The van der Waals surface area contributed by atoms with Gasteiger partial charge in [-0.05, 0) is 38.5 Å². The van der Waals surface area contributed by atoms with E-state index >= 15 is 0 Å². The Kier molecular flexibility index (Phi) is 4.39. The van der Waals surface area contributed by atoms with Crippen molar-refractivity contribution in [1.82, 2.24) is 4.90 Å². The predicted octanol–water partition coefficient (Wildman–Crippen LogP) is 2.65. The van der Waals surface area contributed by atoms with Crippen LogP contribution in [-0.4, -0.2) is 34.8 Å². The summed E-state index contributed by atoms with van der Waals surface area (Å²) < 4.78 is 0. The van der Waals surface area contributed by atoms with Crippen LogP contribution in [0.2, 0.25) is 0 Å². The molecule has 2 aliphatic rings. The minimum atomic E-state index is -0.631. The third-order valence-electron chi connectivity index (χ3n) is 3.98. The lowest BCUT2D eigenvalue weighted by molar-refractivity contribution is -0.142. The lowest BCUT2D eigenvalue weighted by atomic mass is 9.94. The number of nitrogens with zero attached hydrogens (tertiary/aromatic N) is 1. The maximum atomic E-state index is 11.0. The first-order chi connectivity index (χ1) is 8.66. The second kappa shape index (κ2) is 6.03. The van der Waals surface area contributed by atoms with Gasteiger partial charge in [0.2, 0.25) is 0 Å². The van der Waals surface area contributed by atoms with E-state index in [1.807, 2.05) is 0 Å². The molecule has 1 aliphatic carbocycles. The Hall–Kier alpha value is -1.32. The number of carbonyl (C=O) groups is 1. The molecule has 4 nitrogen and oxygen atoms in total. The summed E-state index contributed by atoms with van der Waals surface area (Å²) in [6.45, 7) is 1.95. The van der Waals surface area contributed by atoms with Gasteiger partial charge < -0.3 is 15.4 Å². The van der Waals surface area contributed by atoms with Crippen LogP contribution in [0.4, 0.5) is 0 Å². The van der Waals surface area contributed by atoms with Gasteiger partial charge in [0.1, 0.15) is 0 Å². The predicted molar refractivity (Wildman–Crippen MR) is 70.8 cm³/mol. The largest absolute Gasteiger partial charge is 0.481 e. The van der Waals surface area contributed by atoms with Gasteiger partial charge in [-0.3, -0.25) is 4.79 Å². The molecule has 0 amide bonds. The molecule has 0 saturated carbocycles. The molecule has 1 saturated heterocycles. The average molecular weight is 250 g/mol. The van der Waals surface area contributed by atoms with Crippen LogP contribution in [0.15, 0.2) is 11.8 Å². The van der Waals surface area contributed by atoms with Crippen molar-refractivity contribution in [3.63, 3.8) is 0 Å². The van der Waals surface area contributed by atoms with Crippen LogP contribution in [0.3, 0.4) is 0 Å². The van der Waals surface area contributed by atoms with Gasteiger partial charge in [0.25, 0.3) is 0 Å². The van der Waals surface area contributed by atoms with E-state index < -0.39 is 5.97 Å². The Balaban J connectivity index is 1.89. The van der Waals surface area contributed by atoms with Crippen molar-refractivity contribution in [2.24, 2.45) is 5.92 Å². The standard InChI is InChI=1S/C14H22N2O2/c15-12-5-7-13(8-6-12)16-9-1-3-11(14(17)18)4-2-10-16/h7,11,15H,1-6,8-10H2,(H,17,18). The molecule has 0 aromatic carbocycles. The van der Waals surface area contributed by atoms with Gasteiger partial charge in [0.05, 0.1) is 5.92 Å². The minimum Gasteiger partial charge on any atom is -0.481 e. The molecule has 1 heterocycles. The zero-order valence-electron chi connectivity index (χ0n) is 10.8. The maximum absolute atomic E-state index is 11.0. The van der Waals surface area contributed by atoms with Crippen LogP contribution in [0.1, 0.15) is 44.9 Å². The third kappa shape index (κ3) is 3.34. The first-order valence-electron chi connectivity index (χ1n) is 6.90. The summed E-state index contributed by atoms with van der Waals surface area (Å²) in [4.78, 5) is 13.4. The number of allylic oxidation sites excluding steroid dienone is 2. The lowest BCUT2D eigenvalue weighted by Crippen LogP contribution is -2.31. The fourth-order valence-electron chi connectivity index (χ4n) is 2.86. The van der Waals surface area contributed by atoms with Crippen LogP contribution in [0.5, 0.6) is 0 Å². The van der Waals surface area contributed by atoms with Gasteiger partial charge in [0, 0.05) is 30.9 Å². The number of carboxylic acid groups (broad SMARTS) is 1. The van der Waals surface area contributed by atoms with E-state index in [0.29, 0.717) is 0 Å². The van der Waals surface area contributed by atoms with Crippen LogP contribution in [-0.2, 0) is 4.79 Å². The summed E-state index contributed by atoms with van der Waals surface area (Å²) in [7, 11) is 0. The SMILES string of the molecule is N=C1CC=C(N2CCCC(C(=O)O)CCC2)CC1. The summed E-state index contributed by atoms with van der Waals surface area (Å²) in [6, 6.07) is 0. The molecule has 2 N–H and O–H groups in total. The second-order valence-electron chi connectivity index (χ2n) is 5.31. The van der Waals surface area contributed by atoms with E-state index in [2.05, 4.69) is 11.0 Å². The van der Waals surface area contributed by atoms with Gasteiger partial charge in [0.15, 0.2) is 0 Å². The Morgan fingerprint density at radius 1 is 1.28 bits per heavy atom. The topological polar surface area (TPSA) is 64.4 Å². The fourth-order valence-corrected chi connectivity index (χ4v) is 2.86. The molecule has 18 heavy (non-hydrogen) atoms. The smallest absolute Gasteiger partial charge is 0.306 e. The number of hydrogen-bond acceptors (Lipinski definition) is 3. The van der Waals surface area contributed by atoms with E-state index in [9.17, 15) is 4.79 Å². The third-order valence-corrected chi connectivity index (χ3v) is 3.98. The summed E-state index contributed by atoms with van der Waals surface area (Å²) in [5.41, 5.74) is 2.21. The average Bonchev–Trinajstić information content (AvgIpc) is 2.30. The van der Waals surface area contributed by atoms with Crippen molar-refractivity contribution in [2.45, 2.75) is 44.9 Å².